The number of hydrogen-bond acceptors (Lipinski definition) is 4. The monoisotopic (exact) mass is 287 g/mol. The molecule has 112 valence electrons. The van der Waals surface area contributed by atoms with Crippen LogP contribution in [0.5, 0.6) is 0 Å². The first-order chi connectivity index (χ1) is 10.2. The summed E-state index contributed by atoms with van der Waals surface area (Å²) >= 11 is 0. The summed E-state index contributed by atoms with van der Waals surface area (Å²) in [5.74, 6) is 0.0399. The number of nitrogens with zero attached hydrogens (tertiary/aromatic N) is 2. The Morgan fingerprint density at radius 2 is 2.05 bits per heavy atom. The molecule has 0 unspecified atom stereocenters. The molecule has 1 saturated heterocycles. The zero-order valence-corrected chi connectivity index (χ0v) is 12.3. The molecule has 1 aromatic heterocycles. The van der Waals surface area contributed by atoms with Crippen molar-refractivity contribution in [3.63, 3.8) is 0 Å². The molecule has 1 N–H and O–H groups in total. The second kappa shape index (κ2) is 6.18. The standard InChI is InChI=1S/C16H21N3O2/c1-13(20)17-6-7-18-8-10-19(11-9-18)15-4-2-3-14-5-12-21-16(14)15/h2-5,12H,6-11H2,1H3,(H,17,20). The second-order valence-electron chi connectivity index (χ2n) is 5.43. The van der Waals surface area contributed by atoms with Crippen molar-refractivity contribution in [2.75, 3.05) is 44.2 Å². The quantitative estimate of drug-likeness (QED) is 0.929. The number of fused-ring (bicyclic) bond motifs is 1. The first kappa shape index (κ1) is 13.9. The molecule has 1 aromatic carbocycles. The van der Waals surface area contributed by atoms with Gasteiger partial charge in [-0.25, -0.2) is 0 Å². The first-order valence-corrected chi connectivity index (χ1v) is 7.42. The number of furan rings is 1. The van der Waals surface area contributed by atoms with Crippen molar-refractivity contribution in [2.45, 2.75) is 6.92 Å². The van der Waals surface area contributed by atoms with Crippen LogP contribution in [0.1, 0.15) is 6.92 Å². The number of anilines is 1. The topological polar surface area (TPSA) is 48.7 Å². The van der Waals surface area contributed by atoms with E-state index in [0.29, 0.717) is 0 Å². The minimum Gasteiger partial charge on any atom is -0.462 e. The lowest BCUT2D eigenvalue weighted by molar-refractivity contribution is -0.119. The highest BCUT2D eigenvalue weighted by Gasteiger charge is 2.19. The third kappa shape index (κ3) is 3.19. The van der Waals surface area contributed by atoms with Crippen LogP contribution < -0.4 is 10.2 Å². The summed E-state index contributed by atoms with van der Waals surface area (Å²) in [6.45, 7) is 7.19. The molecule has 0 aliphatic carbocycles. The smallest absolute Gasteiger partial charge is 0.216 e. The number of carbonyl (C=O) groups excluding carboxylic acids is 1. The Balaban J connectivity index is 1.58. The zero-order valence-electron chi connectivity index (χ0n) is 12.3. The molecule has 1 aliphatic heterocycles. The highest BCUT2D eigenvalue weighted by atomic mass is 16.3. The van der Waals surface area contributed by atoms with Crippen molar-refractivity contribution < 1.29 is 9.21 Å². The first-order valence-electron chi connectivity index (χ1n) is 7.42. The highest BCUT2D eigenvalue weighted by molar-refractivity contribution is 5.89. The van der Waals surface area contributed by atoms with Gasteiger partial charge in [-0.1, -0.05) is 12.1 Å². The molecule has 1 amide bonds. The number of para-hydroxylation sites is 1. The van der Waals surface area contributed by atoms with E-state index in [1.807, 2.05) is 6.07 Å². The fraction of sp³-hybridized carbons (Fsp3) is 0.438. The minimum atomic E-state index is 0.0399. The predicted octanol–water partition coefficient (Wildman–Crippen LogP) is 1.69. The van der Waals surface area contributed by atoms with Crippen LogP contribution in [-0.2, 0) is 4.79 Å². The lowest BCUT2D eigenvalue weighted by Crippen LogP contribution is -2.48. The molecular formula is C16H21N3O2. The van der Waals surface area contributed by atoms with Gasteiger partial charge in [0.1, 0.15) is 0 Å². The number of nitrogens with one attached hydrogen (secondary N) is 1. The second-order valence-corrected chi connectivity index (χ2v) is 5.43. The van der Waals surface area contributed by atoms with Gasteiger partial charge in [-0.15, -0.1) is 0 Å². The number of carbonyl (C=O) groups is 1. The zero-order chi connectivity index (χ0) is 14.7. The molecule has 0 bridgehead atoms. The molecule has 0 atom stereocenters. The van der Waals surface area contributed by atoms with Crippen LogP contribution in [0, 0.1) is 0 Å². The molecule has 2 aromatic rings. The Hall–Kier alpha value is -2.01. The Bertz CT molecular complexity index is 615. The molecule has 0 saturated carbocycles. The third-order valence-corrected chi connectivity index (χ3v) is 3.97. The molecule has 1 fully saturated rings. The van der Waals surface area contributed by atoms with Crippen molar-refractivity contribution in [2.24, 2.45) is 0 Å². The maximum atomic E-state index is 10.9. The number of rotatable bonds is 4. The molecular weight excluding hydrogens is 266 g/mol. The summed E-state index contributed by atoms with van der Waals surface area (Å²) in [6, 6.07) is 8.28. The van der Waals surface area contributed by atoms with Gasteiger partial charge >= 0.3 is 0 Å². The van der Waals surface area contributed by atoms with E-state index < -0.39 is 0 Å². The van der Waals surface area contributed by atoms with E-state index in [2.05, 4.69) is 33.3 Å². The Morgan fingerprint density at radius 1 is 1.24 bits per heavy atom. The Morgan fingerprint density at radius 3 is 2.81 bits per heavy atom. The molecule has 21 heavy (non-hydrogen) atoms. The summed E-state index contributed by atoms with van der Waals surface area (Å²) in [5.41, 5.74) is 2.16. The average Bonchev–Trinajstić information content (AvgIpc) is 2.96. The van der Waals surface area contributed by atoms with Crippen molar-refractivity contribution in [3.05, 3.63) is 30.5 Å². The number of amides is 1. The van der Waals surface area contributed by atoms with E-state index in [4.69, 9.17) is 4.42 Å². The van der Waals surface area contributed by atoms with E-state index in [0.717, 1.165) is 50.2 Å². The van der Waals surface area contributed by atoms with Crippen molar-refractivity contribution >= 4 is 22.6 Å². The van der Waals surface area contributed by atoms with E-state index in [1.54, 1.807) is 13.2 Å². The highest BCUT2D eigenvalue weighted by Crippen LogP contribution is 2.28. The molecule has 3 rings (SSSR count). The summed E-state index contributed by atoms with van der Waals surface area (Å²) in [5, 5.41) is 4.00. The SMILES string of the molecule is CC(=O)NCCN1CCN(c2cccc3ccoc23)CC1. The maximum absolute atomic E-state index is 10.9. The lowest BCUT2D eigenvalue weighted by Gasteiger charge is -2.36. The fourth-order valence-electron chi connectivity index (χ4n) is 2.83. The number of benzene rings is 1. The van der Waals surface area contributed by atoms with Crippen molar-refractivity contribution in [3.8, 4) is 0 Å². The van der Waals surface area contributed by atoms with Crippen molar-refractivity contribution in [1.82, 2.24) is 10.2 Å². The summed E-state index contributed by atoms with van der Waals surface area (Å²) in [6.07, 6.45) is 1.75. The molecule has 0 radical (unpaired) electrons. The van der Waals surface area contributed by atoms with Crippen LogP contribution in [0.3, 0.4) is 0 Å². The molecule has 0 spiro atoms. The molecule has 5 nitrogen and oxygen atoms in total. The predicted molar refractivity (Wildman–Crippen MR) is 83.6 cm³/mol. The normalized spacial score (nSPS) is 16.3. The molecule has 2 heterocycles. The number of hydrogen-bond donors (Lipinski definition) is 1. The molecule has 5 heteroatoms. The van der Waals surface area contributed by atoms with E-state index in [1.165, 1.54) is 5.69 Å². The largest absolute Gasteiger partial charge is 0.462 e. The van der Waals surface area contributed by atoms with E-state index in [9.17, 15) is 4.79 Å². The summed E-state index contributed by atoms with van der Waals surface area (Å²) in [4.78, 5) is 15.6. The van der Waals surface area contributed by atoms with Crippen LogP contribution in [0.2, 0.25) is 0 Å². The Labute approximate surface area is 124 Å². The van der Waals surface area contributed by atoms with Crippen LogP contribution in [0.4, 0.5) is 5.69 Å². The van der Waals surface area contributed by atoms with Gasteiger partial charge in [-0.3, -0.25) is 9.69 Å². The summed E-state index contributed by atoms with van der Waals surface area (Å²) < 4.78 is 5.62. The average molecular weight is 287 g/mol. The van der Waals surface area contributed by atoms with Gasteiger partial charge in [-0.05, 0) is 12.1 Å². The molecule has 1 aliphatic rings. The lowest BCUT2D eigenvalue weighted by atomic mass is 10.2. The van der Waals surface area contributed by atoms with Gasteiger partial charge in [-0.2, -0.15) is 0 Å². The van der Waals surface area contributed by atoms with Gasteiger partial charge < -0.3 is 14.6 Å². The van der Waals surface area contributed by atoms with Crippen LogP contribution in [-0.4, -0.2) is 50.1 Å². The van der Waals surface area contributed by atoms with Crippen LogP contribution in [0.15, 0.2) is 34.9 Å². The van der Waals surface area contributed by atoms with Crippen LogP contribution >= 0.6 is 0 Å². The van der Waals surface area contributed by atoms with Gasteiger partial charge in [0.15, 0.2) is 5.58 Å². The van der Waals surface area contributed by atoms with Crippen molar-refractivity contribution in [1.29, 1.82) is 0 Å². The van der Waals surface area contributed by atoms with Gasteiger partial charge in [0.2, 0.25) is 5.91 Å². The van der Waals surface area contributed by atoms with Gasteiger partial charge in [0, 0.05) is 51.6 Å². The van der Waals surface area contributed by atoms with E-state index in [-0.39, 0.29) is 5.91 Å². The minimum absolute atomic E-state index is 0.0399. The Kier molecular flexibility index (Phi) is 4.10. The third-order valence-electron chi connectivity index (χ3n) is 3.97. The number of piperazine rings is 1. The van der Waals surface area contributed by atoms with Crippen LogP contribution in [0.25, 0.3) is 11.0 Å². The van der Waals surface area contributed by atoms with E-state index >= 15 is 0 Å². The van der Waals surface area contributed by atoms with Gasteiger partial charge in [0.25, 0.3) is 0 Å². The maximum Gasteiger partial charge on any atom is 0.216 e. The fourth-order valence-corrected chi connectivity index (χ4v) is 2.83. The van der Waals surface area contributed by atoms with Gasteiger partial charge in [0.05, 0.1) is 12.0 Å². The summed E-state index contributed by atoms with van der Waals surface area (Å²) in [7, 11) is 0.